The number of carbonyl (C=O) groups is 1. The molecule has 1 amide bonds. The fraction of sp³-hybridized carbons (Fsp3) is 0.917. The molecule has 1 saturated heterocycles. The molecule has 2 fully saturated rings. The van der Waals surface area contributed by atoms with Crippen LogP contribution in [0.2, 0.25) is 0 Å². The summed E-state index contributed by atoms with van der Waals surface area (Å²) in [6.07, 6.45) is 6.19. The molecule has 0 aromatic carbocycles. The van der Waals surface area contributed by atoms with Gasteiger partial charge in [0.15, 0.2) is 0 Å². The summed E-state index contributed by atoms with van der Waals surface area (Å²) in [6, 6.07) is 0. The molecule has 0 bridgehead atoms. The van der Waals surface area contributed by atoms with Gasteiger partial charge in [-0.15, -0.1) is 12.4 Å². The molecular formula is C12H23ClN2O. The van der Waals surface area contributed by atoms with Gasteiger partial charge in [0.1, 0.15) is 0 Å². The van der Waals surface area contributed by atoms with Crippen molar-refractivity contribution in [2.45, 2.75) is 32.1 Å². The molecule has 3 nitrogen and oxygen atoms in total. The van der Waals surface area contributed by atoms with Crippen molar-refractivity contribution in [3.05, 3.63) is 0 Å². The van der Waals surface area contributed by atoms with Crippen LogP contribution in [0.15, 0.2) is 0 Å². The predicted octanol–water partition coefficient (Wildman–Crippen LogP) is 1.67. The number of halogens is 1. The second-order valence-corrected chi connectivity index (χ2v) is 5.04. The minimum Gasteiger partial charge on any atom is -0.345 e. The van der Waals surface area contributed by atoms with Crippen LogP contribution < -0.4 is 5.32 Å². The average molecular weight is 247 g/mol. The van der Waals surface area contributed by atoms with Gasteiger partial charge >= 0.3 is 0 Å². The summed E-state index contributed by atoms with van der Waals surface area (Å²) in [5, 5.41) is 3.30. The highest BCUT2D eigenvalue weighted by molar-refractivity contribution is 5.85. The Morgan fingerprint density at radius 3 is 2.69 bits per heavy atom. The predicted molar refractivity (Wildman–Crippen MR) is 67.8 cm³/mol. The van der Waals surface area contributed by atoms with Crippen LogP contribution in [0.4, 0.5) is 0 Å². The molecule has 0 aromatic rings. The van der Waals surface area contributed by atoms with Crippen LogP contribution >= 0.6 is 12.4 Å². The van der Waals surface area contributed by atoms with E-state index in [4.69, 9.17) is 0 Å². The number of nitrogens with zero attached hydrogens (tertiary/aromatic N) is 1. The van der Waals surface area contributed by atoms with Crippen molar-refractivity contribution >= 4 is 18.3 Å². The van der Waals surface area contributed by atoms with Gasteiger partial charge in [-0.25, -0.2) is 0 Å². The minimum absolute atomic E-state index is 0. The van der Waals surface area contributed by atoms with Crippen LogP contribution in [0.1, 0.15) is 32.1 Å². The van der Waals surface area contributed by atoms with Gasteiger partial charge in [0.2, 0.25) is 5.91 Å². The summed E-state index contributed by atoms with van der Waals surface area (Å²) in [5.41, 5.74) is 0. The number of hydrogen-bond donors (Lipinski definition) is 1. The summed E-state index contributed by atoms with van der Waals surface area (Å²) in [7, 11) is 1.96. The maximum atomic E-state index is 12.0. The standard InChI is InChI=1S/C12H22N2O.ClH/c1-14(8-6-10-4-5-10)12(15)11-3-2-7-13-9-11;/h10-11,13H,2-9H2,1H3;1H. The number of rotatable bonds is 4. The summed E-state index contributed by atoms with van der Waals surface area (Å²) in [6.45, 7) is 2.92. The monoisotopic (exact) mass is 246 g/mol. The third kappa shape index (κ3) is 3.95. The van der Waals surface area contributed by atoms with E-state index >= 15 is 0 Å². The van der Waals surface area contributed by atoms with Crippen molar-refractivity contribution in [2.24, 2.45) is 11.8 Å². The Morgan fingerprint density at radius 2 is 2.12 bits per heavy atom. The highest BCUT2D eigenvalue weighted by atomic mass is 35.5. The third-order valence-electron chi connectivity index (χ3n) is 3.59. The third-order valence-corrected chi connectivity index (χ3v) is 3.59. The Labute approximate surface area is 104 Å². The van der Waals surface area contributed by atoms with Gasteiger partial charge in [-0.3, -0.25) is 4.79 Å². The van der Waals surface area contributed by atoms with Gasteiger partial charge in [-0.1, -0.05) is 12.8 Å². The lowest BCUT2D eigenvalue weighted by Gasteiger charge is -2.27. The summed E-state index contributed by atoms with van der Waals surface area (Å²) in [4.78, 5) is 14.0. The number of nitrogens with one attached hydrogen (secondary N) is 1. The van der Waals surface area contributed by atoms with E-state index in [-0.39, 0.29) is 18.3 Å². The Morgan fingerprint density at radius 1 is 1.38 bits per heavy atom. The molecule has 2 rings (SSSR count). The van der Waals surface area contributed by atoms with Crippen molar-refractivity contribution in [3.63, 3.8) is 0 Å². The Bertz CT molecular complexity index is 225. The first-order chi connectivity index (χ1) is 7.27. The highest BCUT2D eigenvalue weighted by Crippen LogP contribution is 2.32. The van der Waals surface area contributed by atoms with Gasteiger partial charge in [0.05, 0.1) is 5.92 Å². The molecule has 1 saturated carbocycles. The average Bonchev–Trinajstić information content (AvgIpc) is 3.10. The molecule has 0 radical (unpaired) electrons. The lowest BCUT2D eigenvalue weighted by atomic mass is 9.98. The minimum atomic E-state index is 0. The first-order valence-electron chi connectivity index (χ1n) is 6.23. The van der Waals surface area contributed by atoms with Crippen LogP contribution in [0.5, 0.6) is 0 Å². The van der Waals surface area contributed by atoms with Crippen LogP contribution in [0.3, 0.4) is 0 Å². The zero-order valence-corrected chi connectivity index (χ0v) is 10.9. The van der Waals surface area contributed by atoms with Crippen LogP contribution in [0.25, 0.3) is 0 Å². The lowest BCUT2D eigenvalue weighted by molar-refractivity contribution is -0.134. The maximum Gasteiger partial charge on any atom is 0.226 e. The van der Waals surface area contributed by atoms with Crippen molar-refractivity contribution < 1.29 is 4.79 Å². The van der Waals surface area contributed by atoms with E-state index in [1.54, 1.807) is 0 Å². The first-order valence-corrected chi connectivity index (χ1v) is 6.23. The van der Waals surface area contributed by atoms with Crippen molar-refractivity contribution in [3.8, 4) is 0 Å². The van der Waals surface area contributed by atoms with Gasteiger partial charge in [0, 0.05) is 20.1 Å². The van der Waals surface area contributed by atoms with Crippen LogP contribution in [-0.2, 0) is 4.79 Å². The molecule has 0 aromatic heterocycles. The maximum absolute atomic E-state index is 12.0. The number of amides is 1. The van der Waals surface area contributed by atoms with Crippen LogP contribution in [0, 0.1) is 11.8 Å². The van der Waals surface area contributed by atoms with Crippen molar-refractivity contribution in [1.29, 1.82) is 0 Å². The van der Waals surface area contributed by atoms with Crippen molar-refractivity contribution in [1.82, 2.24) is 10.2 Å². The van der Waals surface area contributed by atoms with Gasteiger partial charge < -0.3 is 10.2 Å². The molecule has 16 heavy (non-hydrogen) atoms. The van der Waals surface area contributed by atoms with E-state index in [0.717, 1.165) is 38.4 Å². The van der Waals surface area contributed by atoms with E-state index < -0.39 is 0 Å². The molecule has 1 aliphatic heterocycles. The largest absolute Gasteiger partial charge is 0.345 e. The van der Waals surface area contributed by atoms with E-state index in [1.807, 2.05) is 11.9 Å². The number of carbonyl (C=O) groups excluding carboxylic acids is 1. The fourth-order valence-electron chi connectivity index (χ4n) is 2.27. The van der Waals surface area contributed by atoms with Crippen LogP contribution in [-0.4, -0.2) is 37.5 Å². The van der Waals surface area contributed by atoms with E-state index in [0.29, 0.717) is 5.91 Å². The Kier molecular flexibility index (Phi) is 5.56. The summed E-state index contributed by atoms with van der Waals surface area (Å²) < 4.78 is 0. The fourth-order valence-corrected chi connectivity index (χ4v) is 2.27. The summed E-state index contributed by atoms with van der Waals surface area (Å²) >= 11 is 0. The molecule has 1 atom stereocenters. The second-order valence-electron chi connectivity index (χ2n) is 5.04. The quantitative estimate of drug-likeness (QED) is 0.819. The SMILES string of the molecule is CN(CCC1CC1)C(=O)C1CCCNC1.Cl. The molecule has 2 aliphatic rings. The molecule has 1 N–H and O–H groups in total. The Balaban J connectivity index is 0.00000128. The van der Waals surface area contributed by atoms with Crippen molar-refractivity contribution in [2.75, 3.05) is 26.7 Å². The topological polar surface area (TPSA) is 32.3 Å². The Hall–Kier alpha value is -0.280. The van der Waals surface area contributed by atoms with E-state index in [2.05, 4.69) is 5.32 Å². The molecule has 94 valence electrons. The zero-order chi connectivity index (χ0) is 10.7. The molecule has 1 unspecified atom stereocenters. The molecule has 1 heterocycles. The van der Waals surface area contributed by atoms with Gasteiger partial charge in [-0.2, -0.15) is 0 Å². The van der Waals surface area contributed by atoms with E-state index in [9.17, 15) is 4.79 Å². The highest BCUT2D eigenvalue weighted by Gasteiger charge is 2.26. The lowest BCUT2D eigenvalue weighted by Crippen LogP contribution is -2.41. The van der Waals surface area contributed by atoms with Gasteiger partial charge in [-0.05, 0) is 31.7 Å². The first kappa shape index (κ1) is 13.8. The number of piperidine rings is 1. The second kappa shape index (κ2) is 6.45. The van der Waals surface area contributed by atoms with Gasteiger partial charge in [0.25, 0.3) is 0 Å². The van der Waals surface area contributed by atoms with E-state index in [1.165, 1.54) is 19.3 Å². The smallest absolute Gasteiger partial charge is 0.226 e. The summed E-state index contributed by atoms with van der Waals surface area (Å²) in [5.74, 6) is 1.51. The molecule has 0 spiro atoms. The normalized spacial score (nSPS) is 24.7. The molecule has 1 aliphatic carbocycles. The molecular weight excluding hydrogens is 224 g/mol. The zero-order valence-electron chi connectivity index (χ0n) is 10.1. The molecule has 4 heteroatoms. The number of hydrogen-bond acceptors (Lipinski definition) is 2.